The van der Waals surface area contributed by atoms with E-state index in [1.807, 2.05) is 0 Å². The molecule has 0 bridgehead atoms. The van der Waals surface area contributed by atoms with Gasteiger partial charge in [0.05, 0.1) is 11.8 Å². The molecule has 7 nitrogen and oxygen atoms in total. The second-order valence-electron chi connectivity index (χ2n) is 5.41. The summed E-state index contributed by atoms with van der Waals surface area (Å²) in [6, 6.07) is 0. The molecule has 9 heteroatoms. The normalized spacial score (nSPS) is 19.0. The van der Waals surface area contributed by atoms with E-state index in [1.165, 1.54) is 0 Å². The van der Waals surface area contributed by atoms with Gasteiger partial charge in [-0.2, -0.15) is 4.37 Å². The number of nitrogens with two attached hydrogens (primary N) is 1. The molecule has 1 aliphatic heterocycles. The van der Waals surface area contributed by atoms with Crippen molar-refractivity contribution in [1.29, 1.82) is 0 Å². The van der Waals surface area contributed by atoms with Crippen molar-refractivity contribution in [2.75, 3.05) is 30.7 Å². The highest BCUT2D eigenvalue weighted by atomic mass is 32.2. The van der Waals surface area contributed by atoms with E-state index in [4.69, 9.17) is 5.73 Å². The zero-order chi connectivity index (χ0) is 15.0. The van der Waals surface area contributed by atoms with Gasteiger partial charge in [-0.15, -0.1) is 0 Å². The van der Waals surface area contributed by atoms with Crippen LogP contribution in [0.1, 0.15) is 25.7 Å². The average Bonchev–Trinajstić information content (AvgIpc) is 3.04. The minimum Gasteiger partial charge on any atom is -0.382 e. The van der Waals surface area contributed by atoms with Gasteiger partial charge in [0.2, 0.25) is 5.91 Å². The molecular formula is C12H18N4O3S2. The van der Waals surface area contributed by atoms with Crippen LogP contribution in [0.2, 0.25) is 0 Å². The van der Waals surface area contributed by atoms with Gasteiger partial charge >= 0.3 is 0 Å². The number of likely N-dealkylation sites (tertiary alicyclic amines) is 1. The molecule has 116 valence electrons. The van der Waals surface area contributed by atoms with E-state index in [1.54, 1.807) is 4.90 Å². The molecule has 2 heterocycles. The molecule has 1 amide bonds. The van der Waals surface area contributed by atoms with Crippen molar-refractivity contribution in [2.24, 2.45) is 0 Å². The first-order chi connectivity index (χ1) is 10.00. The van der Waals surface area contributed by atoms with E-state index < -0.39 is 9.84 Å². The second kappa shape index (κ2) is 5.45. The van der Waals surface area contributed by atoms with Crippen LogP contribution in [0, 0.1) is 0 Å². The minimum absolute atomic E-state index is 0.0192. The Morgan fingerprint density at radius 3 is 2.67 bits per heavy atom. The van der Waals surface area contributed by atoms with Crippen LogP contribution in [0.4, 0.5) is 10.8 Å². The largest absolute Gasteiger partial charge is 0.382 e. The summed E-state index contributed by atoms with van der Waals surface area (Å²) in [5.41, 5.74) is 5.71. The summed E-state index contributed by atoms with van der Waals surface area (Å²) in [5.74, 6) is 0.0114. The maximum atomic E-state index is 12.3. The SMILES string of the molecule is Nc1nsc(NCC(=O)N2CCCC2)c1S(=O)(=O)C1CC1. The van der Waals surface area contributed by atoms with Gasteiger partial charge in [0.15, 0.2) is 15.7 Å². The summed E-state index contributed by atoms with van der Waals surface area (Å²) in [6.45, 7) is 1.63. The van der Waals surface area contributed by atoms with Gasteiger partial charge in [0.1, 0.15) is 9.90 Å². The molecule has 1 saturated carbocycles. The van der Waals surface area contributed by atoms with E-state index >= 15 is 0 Å². The molecule has 1 aromatic heterocycles. The van der Waals surface area contributed by atoms with Crippen molar-refractivity contribution in [3.05, 3.63) is 0 Å². The Labute approximate surface area is 127 Å². The third-order valence-corrected chi connectivity index (χ3v) is 7.06. The van der Waals surface area contributed by atoms with Crippen molar-refractivity contribution in [3.8, 4) is 0 Å². The number of nitrogens with zero attached hydrogens (tertiary/aromatic N) is 2. The predicted molar refractivity (Wildman–Crippen MR) is 81.0 cm³/mol. The summed E-state index contributed by atoms with van der Waals surface area (Å²) in [4.78, 5) is 13.9. The predicted octanol–water partition coefficient (Wildman–Crippen LogP) is 0.696. The topological polar surface area (TPSA) is 105 Å². The van der Waals surface area contributed by atoms with Gasteiger partial charge in [-0.05, 0) is 37.2 Å². The number of carbonyl (C=O) groups is 1. The smallest absolute Gasteiger partial charge is 0.241 e. The summed E-state index contributed by atoms with van der Waals surface area (Å²) >= 11 is 0.997. The Morgan fingerprint density at radius 2 is 2.05 bits per heavy atom. The molecule has 3 rings (SSSR count). The van der Waals surface area contributed by atoms with Crippen LogP contribution in [0.5, 0.6) is 0 Å². The first-order valence-electron chi connectivity index (χ1n) is 7.01. The van der Waals surface area contributed by atoms with Crippen molar-refractivity contribution in [3.63, 3.8) is 0 Å². The van der Waals surface area contributed by atoms with Gasteiger partial charge in [-0.1, -0.05) is 0 Å². The van der Waals surface area contributed by atoms with Crippen molar-refractivity contribution >= 4 is 38.1 Å². The van der Waals surface area contributed by atoms with Crippen molar-refractivity contribution in [2.45, 2.75) is 35.8 Å². The van der Waals surface area contributed by atoms with Crippen molar-refractivity contribution in [1.82, 2.24) is 9.27 Å². The third kappa shape index (κ3) is 2.84. The highest BCUT2D eigenvalue weighted by Gasteiger charge is 2.40. The summed E-state index contributed by atoms with van der Waals surface area (Å²) in [6.07, 6.45) is 3.40. The molecule has 1 saturated heterocycles. The molecule has 1 aromatic rings. The van der Waals surface area contributed by atoms with E-state index in [2.05, 4.69) is 9.69 Å². The molecule has 1 aliphatic carbocycles. The number of nitrogens with one attached hydrogen (secondary N) is 1. The Bertz CT molecular complexity index is 645. The number of sulfone groups is 1. The highest BCUT2D eigenvalue weighted by Crippen LogP contribution is 2.40. The van der Waals surface area contributed by atoms with Gasteiger partial charge in [0, 0.05) is 13.1 Å². The second-order valence-corrected chi connectivity index (χ2v) is 8.35. The number of carbonyl (C=O) groups excluding carboxylic acids is 1. The fourth-order valence-corrected chi connectivity index (χ4v) is 5.34. The molecular weight excluding hydrogens is 312 g/mol. The number of aromatic nitrogens is 1. The van der Waals surface area contributed by atoms with Crippen LogP contribution in [0.15, 0.2) is 4.90 Å². The lowest BCUT2D eigenvalue weighted by Gasteiger charge is -2.15. The number of rotatable bonds is 5. The first-order valence-corrected chi connectivity index (χ1v) is 9.33. The summed E-state index contributed by atoms with van der Waals surface area (Å²) < 4.78 is 28.6. The van der Waals surface area contributed by atoms with E-state index in [0.717, 1.165) is 37.5 Å². The van der Waals surface area contributed by atoms with Gasteiger partial charge in [-0.3, -0.25) is 4.79 Å². The van der Waals surface area contributed by atoms with Crippen LogP contribution in [0.3, 0.4) is 0 Å². The lowest BCUT2D eigenvalue weighted by atomic mass is 10.4. The fraction of sp³-hybridized carbons (Fsp3) is 0.667. The molecule has 2 fully saturated rings. The number of hydrogen-bond acceptors (Lipinski definition) is 7. The summed E-state index contributed by atoms with van der Waals surface area (Å²) in [7, 11) is -3.42. The molecule has 0 spiro atoms. The molecule has 0 aromatic carbocycles. The lowest BCUT2D eigenvalue weighted by Crippen LogP contribution is -2.33. The van der Waals surface area contributed by atoms with Crippen LogP contribution in [-0.2, 0) is 14.6 Å². The van der Waals surface area contributed by atoms with E-state index in [0.29, 0.717) is 17.8 Å². The molecule has 3 N–H and O–H groups in total. The highest BCUT2D eigenvalue weighted by molar-refractivity contribution is 7.92. The lowest BCUT2D eigenvalue weighted by molar-refractivity contribution is -0.128. The number of nitrogen functional groups attached to an aromatic ring is 1. The number of hydrogen-bond donors (Lipinski definition) is 2. The average molecular weight is 330 g/mol. The minimum atomic E-state index is -3.42. The van der Waals surface area contributed by atoms with Crippen LogP contribution in [0.25, 0.3) is 0 Å². The number of anilines is 2. The van der Waals surface area contributed by atoms with Crippen LogP contribution in [-0.4, -0.2) is 48.5 Å². The Balaban J connectivity index is 1.73. The van der Waals surface area contributed by atoms with Gasteiger partial charge < -0.3 is 16.0 Å². The maximum Gasteiger partial charge on any atom is 0.241 e. The monoisotopic (exact) mass is 330 g/mol. The zero-order valence-electron chi connectivity index (χ0n) is 11.5. The van der Waals surface area contributed by atoms with Gasteiger partial charge in [0.25, 0.3) is 0 Å². The molecule has 2 aliphatic rings. The van der Waals surface area contributed by atoms with Crippen molar-refractivity contribution < 1.29 is 13.2 Å². The maximum absolute atomic E-state index is 12.3. The zero-order valence-corrected chi connectivity index (χ0v) is 13.2. The quantitative estimate of drug-likeness (QED) is 0.823. The molecule has 0 radical (unpaired) electrons. The Hall–Kier alpha value is -1.35. The van der Waals surface area contributed by atoms with Crippen LogP contribution < -0.4 is 11.1 Å². The molecule has 21 heavy (non-hydrogen) atoms. The summed E-state index contributed by atoms with van der Waals surface area (Å²) in [5, 5.41) is 2.94. The fourth-order valence-electron chi connectivity index (χ4n) is 2.46. The first kappa shape index (κ1) is 14.6. The van der Waals surface area contributed by atoms with Gasteiger partial charge in [-0.25, -0.2) is 8.42 Å². The van der Waals surface area contributed by atoms with E-state index in [9.17, 15) is 13.2 Å². The standard InChI is InChI=1S/C12H18N4O3S2/c13-11-10(21(18,19)8-3-4-8)12(20-15-11)14-7-9(17)16-5-1-2-6-16/h8,14H,1-7H2,(H2,13,15). The number of amides is 1. The Kier molecular flexibility index (Phi) is 3.78. The molecule has 0 unspecified atom stereocenters. The molecule has 0 atom stereocenters. The Morgan fingerprint density at radius 1 is 1.38 bits per heavy atom. The van der Waals surface area contributed by atoms with E-state index in [-0.39, 0.29) is 28.4 Å². The third-order valence-electron chi connectivity index (χ3n) is 3.78. The van der Waals surface area contributed by atoms with Crippen LogP contribution >= 0.6 is 11.5 Å².